The number of rotatable bonds is 6. The number of amides is 1. The summed E-state index contributed by atoms with van der Waals surface area (Å²) in [6.45, 7) is 6.78. The number of hydrogen-bond donors (Lipinski definition) is 1. The van der Waals surface area contributed by atoms with E-state index >= 15 is 0 Å². The van der Waals surface area contributed by atoms with Crippen LogP contribution in [0.1, 0.15) is 45.9 Å². The molecule has 0 aromatic heterocycles. The van der Waals surface area contributed by atoms with Crippen LogP contribution in [0.5, 0.6) is 5.75 Å². The SMILES string of the molecule is COc1cccc(C(CNC(=O)c2cccc(C)c2C)N2CCCC2)c1. The lowest BCUT2D eigenvalue weighted by Gasteiger charge is -2.28. The summed E-state index contributed by atoms with van der Waals surface area (Å²) in [5.74, 6) is 0.853. The molecule has 1 aliphatic heterocycles. The second-order valence-corrected chi connectivity index (χ2v) is 6.99. The molecule has 1 aliphatic rings. The molecular formula is C22H28N2O2. The number of hydrogen-bond acceptors (Lipinski definition) is 3. The number of benzene rings is 2. The second kappa shape index (κ2) is 8.37. The van der Waals surface area contributed by atoms with Gasteiger partial charge in [0.1, 0.15) is 5.75 Å². The zero-order valence-corrected chi connectivity index (χ0v) is 15.9. The van der Waals surface area contributed by atoms with Gasteiger partial charge in [-0.3, -0.25) is 9.69 Å². The molecule has 26 heavy (non-hydrogen) atoms. The summed E-state index contributed by atoms with van der Waals surface area (Å²) in [6, 6.07) is 14.2. The lowest BCUT2D eigenvalue weighted by atomic mass is 10.0. The van der Waals surface area contributed by atoms with Crippen molar-refractivity contribution in [3.05, 3.63) is 64.7 Å². The van der Waals surface area contributed by atoms with Gasteiger partial charge in [0, 0.05) is 12.1 Å². The maximum atomic E-state index is 12.7. The predicted molar refractivity (Wildman–Crippen MR) is 105 cm³/mol. The summed E-state index contributed by atoms with van der Waals surface area (Å²) in [4.78, 5) is 15.2. The number of carbonyl (C=O) groups excluding carboxylic acids is 1. The summed E-state index contributed by atoms with van der Waals surface area (Å²) in [6.07, 6.45) is 2.43. The first kappa shape index (κ1) is 18.5. The number of likely N-dealkylation sites (tertiary alicyclic amines) is 1. The van der Waals surface area contributed by atoms with E-state index in [1.807, 2.05) is 44.2 Å². The summed E-state index contributed by atoms with van der Waals surface area (Å²) < 4.78 is 5.39. The maximum absolute atomic E-state index is 12.7. The van der Waals surface area contributed by atoms with Crippen LogP contribution < -0.4 is 10.1 Å². The van der Waals surface area contributed by atoms with Gasteiger partial charge in [-0.25, -0.2) is 0 Å². The molecule has 4 nitrogen and oxygen atoms in total. The third kappa shape index (κ3) is 4.07. The molecule has 4 heteroatoms. The van der Waals surface area contributed by atoms with Gasteiger partial charge in [0.25, 0.3) is 5.91 Å². The molecule has 138 valence electrons. The van der Waals surface area contributed by atoms with Gasteiger partial charge < -0.3 is 10.1 Å². The summed E-state index contributed by atoms with van der Waals surface area (Å²) >= 11 is 0. The van der Waals surface area contributed by atoms with Gasteiger partial charge in [0.15, 0.2) is 0 Å². The monoisotopic (exact) mass is 352 g/mol. The highest BCUT2D eigenvalue weighted by Gasteiger charge is 2.24. The third-order valence-electron chi connectivity index (χ3n) is 5.37. The molecule has 1 fully saturated rings. The van der Waals surface area contributed by atoms with Gasteiger partial charge in [0.2, 0.25) is 0 Å². The van der Waals surface area contributed by atoms with Gasteiger partial charge in [-0.1, -0.05) is 24.3 Å². The molecule has 1 heterocycles. The quantitative estimate of drug-likeness (QED) is 0.858. The molecule has 1 amide bonds. The van der Waals surface area contributed by atoms with Crippen LogP contribution in [0.2, 0.25) is 0 Å². The molecule has 1 atom stereocenters. The Bertz CT molecular complexity index is 766. The zero-order valence-electron chi connectivity index (χ0n) is 15.9. The molecule has 2 aromatic carbocycles. The average Bonchev–Trinajstić information content (AvgIpc) is 3.18. The van der Waals surface area contributed by atoms with Crippen LogP contribution in [0.15, 0.2) is 42.5 Å². The molecule has 1 unspecified atom stereocenters. The fourth-order valence-electron chi connectivity index (χ4n) is 3.64. The van der Waals surface area contributed by atoms with Crippen molar-refractivity contribution >= 4 is 5.91 Å². The molecular weight excluding hydrogens is 324 g/mol. The third-order valence-corrected chi connectivity index (χ3v) is 5.37. The second-order valence-electron chi connectivity index (χ2n) is 6.99. The highest BCUT2D eigenvalue weighted by Crippen LogP contribution is 2.27. The molecule has 0 radical (unpaired) electrons. The molecule has 0 spiro atoms. The van der Waals surface area contributed by atoms with Gasteiger partial charge in [-0.05, 0) is 74.7 Å². The topological polar surface area (TPSA) is 41.6 Å². The highest BCUT2D eigenvalue weighted by molar-refractivity contribution is 5.95. The summed E-state index contributed by atoms with van der Waals surface area (Å²) in [7, 11) is 1.69. The summed E-state index contributed by atoms with van der Waals surface area (Å²) in [5, 5.41) is 3.16. The number of methoxy groups -OCH3 is 1. The van der Waals surface area contributed by atoms with Gasteiger partial charge >= 0.3 is 0 Å². The normalized spacial score (nSPS) is 15.7. The Labute approximate surface area is 156 Å². The Morgan fingerprint density at radius 1 is 1.15 bits per heavy atom. The maximum Gasteiger partial charge on any atom is 0.251 e. The van der Waals surface area contributed by atoms with Crippen LogP contribution in [-0.4, -0.2) is 37.6 Å². The Hall–Kier alpha value is -2.33. The Kier molecular flexibility index (Phi) is 5.94. The minimum atomic E-state index is -0.00158. The molecule has 1 N–H and O–H groups in total. The van der Waals surface area contributed by atoms with Crippen LogP contribution in [0.3, 0.4) is 0 Å². The van der Waals surface area contributed by atoms with E-state index in [0.717, 1.165) is 35.5 Å². The van der Waals surface area contributed by atoms with Crippen LogP contribution in [0.4, 0.5) is 0 Å². The van der Waals surface area contributed by atoms with Crippen molar-refractivity contribution in [3.63, 3.8) is 0 Å². The van der Waals surface area contributed by atoms with Crippen molar-refractivity contribution in [3.8, 4) is 5.75 Å². The van der Waals surface area contributed by atoms with Crippen molar-refractivity contribution < 1.29 is 9.53 Å². The van der Waals surface area contributed by atoms with Crippen LogP contribution in [-0.2, 0) is 0 Å². The first-order valence-electron chi connectivity index (χ1n) is 9.32. The van der Waals surface area contributed by atoms with E-state index in [2.05, 4.69) is 22.3 Å². The lowest BCUT2D eigenvalue weighted by molar-refractivity contribution is 0.0937. The van der Waals surface area contributed by atoms with Crippen molar-refractivity contribution in [2.45, 2.75) is 32.7 Å². The number of carbonyl (C=O) groups is 1. The van der Waals surface area contributed by atoms with Crippen molar-refractivity contribution in [2.24, 2.45) is 0 Å². The Morgan fingerprint density at radius 2 is 1.88 bits per heavy atom. The van der Waals surface area contributed by atoms with Gasteiger partial charge in [-0.2, -0.15) is 0 Å². The minimum absolute atomic E-state index is 0.00158. The number of aryl methyl sites for hydroxylation is 1. The van der Waals surface area contributed by atoms with Crippen LogP contribution in [0, 0.1) is 13.8 Å². The Balaban J connectivity index is 1.77. The van der Waals surface area contributed by atoms with Crippen LogP contribution in [0.25, 0.3) is 0 Å². The molecule has 0 bridgehead atoms. The van der Waals surface area contributed by atoms with E-state index in [1.54, 1.807) is 7.11 Å². The van der Waals surface area contributed by atoms with Crippen molar-refractivity contribution in [1.29, 1.82) is 0 Å². The smallest absolute Gasteiger partial charge is 0.251 e. The molecule has 2 aromatic rings. The molecule has 0 aliphatic carbocycles. The lowest BCUT2D eigenvalue weighted by Crippen LogP contribution is -2.37. The first-order chi connectivity index (χ1) is 12.6. The predicted octanol–water partition coefficient (Wildman–Crippen LogP) is 3.88. The van der Waals surface area contributed by atoms with Crippen molar-refractivity contribution in [2.75, 3.05) is 26.7 Å². The van der Waals surface area contributed by atoms with E-state index in [9.17, 15) is 4.79 Å². The van der Waals surface area contributed by atoms with E-state index < -0.39 is 0 Å². The minimum Gasteiger partial charge on any atom is -0.497 e. The van der Waals surface area contributed by atoms with E-state index in [-0.39, 0.29) is 11.9 Å². The standard InChI is InChI=1S/C22H28N2O2/c1-16-8-6-11-20(17(16)2)22(25)23-15-21(24-12-4-5-13-24)18-9-7-10-19(14-18)26-3/h6-11,14,21H,4-5,12-13,15H2,1-3H3,(H,23,25). The molecule has 1 saturated heterocycles. The number of nitrogens with one attached hydrogen (secondary N) is 1. The number of ether oxygens (including phenoxy) is 1. The molecule has 3 rings (SSSR count). The first-order valence-corrected chi connectivity index (χ1v) is 9.32. The largest absolute Gasteiger partial charge is 0.497 e. The Morgan fingerprint density at radius 3 is 2.62 bits per heavy atom. The zero-order chi connectivity index (χ0) is 18.5. The van der Waals surface area contributed by atoms with E-state index in [1.165, 1.54) is 18.4 Å². The average molecular weight is 352 g/mol. The van der Waals surface area contributed by atoms with Gasteiger partial charge in [0.05, 0.1) is 13.2 Å². The van der Waals surface area contributed by atoms with E-state index in [4.69, 9.17) is 4.74 Å². The van der Waals surface area contributed by atoms with Crippen molar-refractivity contribution in [1.82, 2.24) is 10.2 Å². The van der Waals surface area contributed by atoms with Crippen LogP contribution >= 0.6 is 0 Å². The summed E-state index contributed by atoms with van der Waals surface area (Å²) in [5.41, 5.74) is 4.13. The van der Waals surface area contributed by atoms with Gasteiger partial charge in [-0.15, -0.1) is 0 Å². The fourth-order valence-corrected chi connectivity index (χ4v) is 3.64. The fraction of sp³-hybridized carbons (Fsp3) is 0.409. The van der Waals surface area contributed by atoms with E-state index in [0.29, 0.717) is 6.54 Å². The number of nitrogens with zero attached hydrogens (tertiary/aromatic N) is 1. The molecule has 0 saturated carbocycles. The highest BCUT2D eigenvalue weighted by atomic mass is 16.5.